The minimum Gasteiger partial charge on any atom is -0.496 e. The summed E-state index contributed by atoms with van der Waals surface area (Å²) in [4.78, 5) is 0. The standard InChI is InChI=1S/C15H22N2O2/c1-18-14-6-5-12(15(16)17)9-13(14)10-19-8-7-11-3-2-4-11/h5-6,9,11H,2-4,7-8,10H2,1H3,(H3,16,17). The van der Waals surface area contributed by atoms with Crippen LogP contribution in [0.5, 0.6) is 5.75 Å². The molecule has 0 spiro atoms. The van der Waals surface area contributed by atoms with Gasteiger partial charge in [-0.1, -0.05) is 19.3 Å². The van der Waals surface area contributed by atoms with Gasteiger partial charge in [0.15, 0.2) is 0 Å². The first-order chi connectivity index (χ1) is 9.20. The van der Waals surface area contributed by atoms with Gasteiger partial charge in [0.1, 0.15) is 11.6 Å². The summed E-state index contributed by atoms with van der Waals surface area (Å²) in [5.74, 6) is 1.72. The Morgan fingerprint density at radius 2 is 2.21 bits per heavy atom. The third kappa shape index (κ3) is 3.70. The van der Waals surface area contributed by atoms with Crippen LogP contribution in [0.1, 0.15) is 36.8 Å². The first-order valence-electron chi connectivity index (χ1n) is 6.79. The molecule has 1 aromatic rings. The zero-order valence-corrected chi connectivity index (χ0v) is 11.4. The number of methoxy groups -OCH3 is 1. The van der Waals surface area contributed by atoms with E-state index < -0.39 is 0 Å². The largest absolute Gasteiger partial charge is 0.496 e. The summed E-state index contributed by atoms with van der Waals surface area (Å²) >= 11 is 0. The second-order valence-corrected chi connectivity index (χ2v) is 5.08. The van der Waals surface area contributed by atoms with Gasteiger partial charge < -0.3 is 15.2 Å². The van der Waals surface area contributed by atoms with Crippen LogP contribution in [0.2, 0.25) is 0 Å². The van der Waals surface area contributed by atoms with Gasteiger partial charge in [0, 0.05) is 17.7 Å². The number of nitrogen functional groups attached to an aromatic ring is 1. The van der Waals surface area contributed by atoms with E-state index in [-0.39, 0.29) is 5.84 Å². The quantitative estimate of drug-likeness (QED) is 0.451. The first-order valence-corrected chi connectivity index (χ1v) is 6.79. The molecular weight excluding hydrogens is 240 g/mol. The van der Waals surface area contributed by atoms with Crippen LogP contribution in [0, 0.1) is 11.3 Å². The summed E-state index contributed by atoms with van der Waals surface area (Å²) in [6.45, 7) is 1.30. The van der Waals surface area contributed by atoms with Gasteiger partial charge in [-0.3, -0.25) is 5.41 Å². The number of ether oxygens (including phenoxy) is 2. The van der Waals surface area contributed by atoms with E-state index >= 15 is 0 Å². The van der Waals surface area contributed by atoms with Gasteiger partial charge in [-0.05, 0) is 30.5 Å². The highest BCUT2D eigenvalue weighted by molar-refractivity contribution is 5.95. The maximum atomic E-state index is 7.46. The summed E-state index contributed by atoms with van der Waals surface area (Å²) in [7, 11) is 1.64. The van der Waals surface area contributed by atoms with E-state index in [1.54, 1.807) is 13.2 Å². The van der Waals surface area contributed by atoms with Gasteiger partial charge in [-0.15, -0.1) is 0 Å². The minimum absolute atomic E-state index is 0.0679. The van der Waals surface area contributed by atoms with E-state index in [0.717, 1.165) is 30.3 Å². The van der Waals surface area contributed by atoms with E-state index in [1.165, 1.54) is 19.3 Å². The lowest BCUT2D eigenvalue weighted by molar-refractivity contribution is 0.0936. The molecule has 0 saturated heterocycles. The SMILES string of the molecule is COc1ccc(C(=N)N)cc1COCCC1CCC1. The molecule has 1 aromatic carbocycles. The van der Waals surface area contributed by atoms with E-state index in [4.69, 9.17) is 20.6 Å². The summed E-state index contributed by atoms with van der Waals surface area (Å²) < 4.78 is 11.0. The molecule has 3 N–H and O–H groups in total. The molecule has 19 heavy (non-hydrogen) atoms. The molecule has 4 heteroatoms. The Hall–Kier alpha value is -1.55. The average molecular weight is 262 g/mol. The molecule has 1 fully saturated rings. The Bertz CT molecular complexity index is 442. The van der Waals surface area contributed by atoms with Gasteiger partial charge in [0.2, 0.25) is 0 Å². The number of hydrogen-bond acceptors (Lipinski definition) is 3. The molecule has 1 aliphatic carbocycles. The molecule has 0 aromatic heterocycles. The van der Waals surface area contributed by atoms with Gasteiger partial charge in [-0.25, -0.2) is 0 Å². The van der Waals surface area contributed by atoms with Crippen LogP contribution in [-0.2, 0) is 11.3 Å². The normalized spacial score (nSPS) is 15.0. The molecule has 104 valence electrons. The van der Waals surface area contributed by atoms with E-state index in [2.05, 4.69) is 0 Å². The van der Waals surface area contributed by atoms with Crippen molar-refractivity contribution < 1.29 is 9.47 Å². The third-order valence-electron chi connectivity index (χ3n) is 3.74. The maximum Gasteiger partial charge on any atom is 0.124 e. The Balaban J connectivity index is 1.88. The van der Waals surface area contributed by atoms with Crippen molar-refractivity contribution in [2.45, 2.75) is 32.3 Å². The van der Waals surface area contributed by atoms with E-state index in [1.807, 2.05) is 12.1 Å². The van der Waals surface area contributed by atoms with E-state index in [9.17, 15) is 0 Å². The van der Waals surface area contributed by atoms with Crippen molar-refractivity contribution in [3.63, 3.8) is 0 Å². The summed E-state index contributed by atoms with van der Waals surface area (Å²) in [5.41, 5.74) is 7.15. The smallest absolute Gasteiger partial charge is 0.124 e. The summed E-state index contributed by atoms with van der Waals surface area (Å²) in [6.07, 6.45) is 5.23. The van der Waals surface area contributed by atoms with Crippen molar-refractivity contribution in [1.29, 1.82) is 5.41 Å². The lowest BCUT2D eigenvalue weighted by Gasteiger charge is -2.24. The summed E-state index contributed by atoms with van der Waals surface area (Å²) in [5, 5.41) is 7.46. The second-order valence-electron chi connectivity index (χ2n) is 5.08. The fourth-order valence-corrected chi connectivity index (χ4v) is 2.27. The molecule has 0 aliphatic heterocycles. The molecule has 0 unspecified atom stereocenters. The fourth-order valence-electron chi connectivity index (χ4n) is 2.27. The number of benzene rings is 1. The number of nitrogens with two attached hydrogens (primary N) is 1. The molecular formula is C15H22N2O2. The van der Waals surface area contributed by atoms with Crippen molar-refractivity contribution >= 4 is 5.84 Å². The number of nitrogens with one attached hydrogen (secondary N) is 1. The predicted molar refractivity (Wildman–Crippen MR) is 75.6 cm³/mol. The van der Waals surface area contributed by atoms with Gasteiger partial charge in [-0.2, -0.15) is 0 Å². The van der Waals surface area contributed by atoms with Crippen molar-refractivity contribution in [3.8, 4) is 5.75 Å². The minimum atomic E-state index is 0.0679. The lowest BCUT2D eigenvalue weighted by Crippen LogP contribution is -2.14. The van der Waals surface area contributed by atoms with Crippen molar-refractivity contribution in [3.05, 3.63) is 29.3 Å². The van der Waals surface area contributed by atoms with Crippen LogP contribution in [-0.4, -0.2) is 19.6 Å². The monoisotopic (exact) mass is 262 g/mol. The highest BCUT2D eigenvalue weighted by Crippen LogP contribution is 2.29. The predicted octanol–water partition coefficient (Wildman–Crippen LogP) is 2.69. The zero-order valence-electron chi connectivity index (χ0n) is 11.4. The molecule has 4 nitrogen and oxygen atoms in total. The molecule has 0 atom stereocenters. The van der Waals surface area contributed by atoms with E-state index in [0.29, 0.717) is 12.2 Å². The molecule has 0 heterocycles. The molecule has 0 amide bonds. The highest BCUT2D eigenvalue weighted by Gasteiger charge is 2.16. The fraction of sp³-hybridized carbons (Fsp3) is 0.533. The van der Waals surface area contributed by atoms with Crippen molar-refractivity contribution in [1.82, 2.24) is 0 Å². The average Bonchev–Trinajstić information content (AvgIpc) is 2.36. The van der Waals surface area contributed by atoms with Crippen molar-refractivity contribution in [2.24, 2.45) is 11.7 Å². The molecule has 0 radical (unpaired) electrons. The number of rotatable bonds is 7. The molecule has 1 saturated carbocycles. The topological polar surface area (TPSA) is 68.3 Å². The Kier molecular flexibility index (Phi) is 4.80. The van der Waals surface area contributed by atoms with Crippen LogP contribution in [0.3, 0.4) is 0 Å². The maximum absolute atomic E-state index is 7.46. The number of hydrogen-bond donors (Lipinski definition) is 2. The van der Waals surface area contributed by atoms with Gasteiger partial charge in [0.25, 0.3) is 0 Å². The first kappa shape index (κ1) is 13.9. The van der Waals surface area contributed by atoms with Crippen LogP contribution in [0.25, 0.3) is 0 Å². The van der Waals surface area contributed by atoms with Crippen LogP contribution >= 0.6 is 0 Å². The zero-order chi connectivity index (χ0) is 13.7. The Morgan fingerprint density at radius 3 is 2.79 bits per heavy atom. The molecule has 0 bridgehead atoms. The van der Waals surface area contributed by atoms with Gasteiger partial charge >= 0.3 is 0 Å². The van der Waals surface area contributed by atoms with Crippen LogP contribution in [0.4, 0.5) is 0 Å². The third-order valence-corrected chi connectivity index (χ3v) is 3.74. The van der Waals surface area contributed by atoms with Crippen LogP contribution < -0.4 is 10.5 Å². The molecule has 1 aliphatic rings. The highest BCUT2D eigenvalue weighted by atomic mass is 16.5. The molecule has 2 rings (SSSR count). The Morgan fingerprint density at radius 1 is 1.42 bits per heavy atom. The second kappa shape index (κ2) is 6.57. The van der Waals surface area contributed by atoms with Crippen LogP contribution in [0.15, 0.2) is 18.2 Å². The Labute approximate surface area is 114 Å². The van der Waals surface area contributed by atoms with Crippen molar-refractivity contribution in [2.75, 3.05) is 13.7 Å². The number of amidine groups is 1. The lowest BCUT2D eigenvalue weighted by atomic mass is 9.83. The summed E-state index contributed by atoms with van der Waals surface area (Å²) in [6, 6.07) is 5.49. The van der Waals surface area contributed by atoms with Gasteiger partial charge in [0.05, 0.1) is 13.7 Å².